The Bertz CT molecular complexity index is 287. The minimum absolute atomic E-state index is 0.496. The summed E-state index contributed by atoms with van der Waals surface area (Å²) in [6.45, 7) is 4.07. The predicted octanol–water partition coefficient (Wildman–Crippen LogP) is 4.59. The van der Waals surface area contributed by atoms with Gasteiger partial charge in [-0.2, -0.15) is 0 Å². The molecule has 2 nitrogen and oxygen atoms in total. The Morgan fingerprint density at radius 1 is 1.00 bits per heavy atom. The number of ether oxygens (including phenoxy) is 1. The van der Waals surface area contributed by atoms with Crippen molar-refractivity contribution >= 4 is 0 Å². The van der Waals surface area contributed by atoms with Crippen molar-refractivity contribution in [3.63, 3.8) is 0 Å². The lowest BCUT2D eigenvalue weighted by atomic mass is 9.93. The molecule has 2 rings (SSSR count). The van der Waals surface area contributed by atoms with Gasteiger partial charge in [-0.05, 0) is 19.3 Å². The molecule has 116 valence electrons. The molecule has 0 aromatic carbocycles. The highest BCUT2D eigenvalue weighted by Crippen LogP contribution is 2.23. The third-order valence-corrected chi connectivity index (χ3v) is 4.61. The smallest absolute Gasteiger partial charge is 0.0656 e. The number of nitrogens with one attached hydrogen (secondary N) is 1. The molecule has 0 aliphatic carbocycles. The number of rotatable bonds is 10. The van der Waals surface area contributed by atoms with Crippen LogP contribution in [0.3, 0.4) is 0 Å². The molecular weight excluding hydrogens is 246 g/mol. The highest BCUT2D eigenvalue weighted by Gasteiger charge is 2.25. The predicted molar refractivity (Wildman–Crippen MR) is 86.1 cm³/mol. The standard InChI is InChI=1S/C18H33NO/c1-2-3-4-5-6-7-8-9-10-11-16-12-17-14-20-15-18(13-16)19-17/h12,17-19H,2-11,13-15H2,1H3. The molecule has 2 heteroatoms. The molecule has 0 amide bonds. The number of hydrogen-bond donors (Lipinski definition) is 1. The van der Waals surface area contributed by atoms with Gasteiger partial charge in [0.1, 0.15) is 0 Å². The monoisotopic (exact) mass is 279 g/mol. The largest absolute Gasteiger partial charge is 0.378 e. The fourth-order valence-corrected chi connectivity index (χ4v) is 3.47. The van der Waals surface area contributed by atoms with E-state index in [2.05, 4.69) is 18.3 Å². The zero-order chi connectivity index (χ0) is 14.0. The van der Waals surface area contributed by atoms with Gasteiger partial charge in [0.05, 0.1) is 13.2 Å². The first kappa shape index (κ1) is 16.0. The molecule has 20 heavy (non-hydrogen) atoms. The Balaban J connectivity index is 1.46. The van der Waals surface area contributed by atoms with E-state index in [1.807, 2.05) is 0 Å². The quantitative estimate of drug-likeness (QED) is 0.466. The van der Waals surface area contributed by atoms with Gasteiger partial charge in [-0.1, -0.05) is 69.9 Å². The molecule has 2 bridgehead atoms. The van der Waals surface area contributed by atoms with E-state index < -0.39 is 0 Å². The minimum Gasteiger partial charge on any atom is -0.378 e. The van der Waals surface area contributed by atoms with Crippen molar-refractivity contribution in [2.45, 2.75) is 89.6 Å². The first-order chi connectivity index (χ1) is 9.88. The Morgan fingerprint density at radius 2 is 1.70 bits per heavy atom. The Labute approximate surface area is 125 Å². The molecular formula is C18H33NO. The number of fused-ring (bicyclic) bond motifs is 2. The molecule has 0 aromatic rings. The lowest BCUT2D eigenvalue weighted by Crippen LogP contribution is -2.50. The first-order valence-corrected chi connectivity index (χ1v) is 8.92. The summed E-state index contributed by atoms with van der Waals surface area (Å²) >= 11 is 0. The normalized spacial score (nSPS) is 25.6. The Kier molecular flexibility index (Phi) is 7.67. The molecule has 0 spiro atoms. The van der Waals surface area contributed by atoms with Crippen LogP contribution in [0.15, 0.2) is 11.6 Å². The number of unbranched alkanes of at least 4 members (excludes halogenated alkanes) is 8. The van der Waals surface area contributed by atoms with Crippen LogP contribution in [0.25, 0.3) is 0 Å². The average Bonchev–Trinajstić information content (AvgIpc) is 2.45. The fourth-order valence-electron chi connectivity index (χ4n) is 3.47. The van der Waals surface area contributed by atoms with Crippen LogP contribution >= 0.6 is 0 Å². The van der Waals surface area contributed by atoms with Crippen LogP contribution in [-0.4, -0.2) is 25.3 Å². The lowest BCUT2D eigenvalue weighted by Gasteiger charge is -2.35. The second kappa shape index (κ2) is 9.57. The Morgan fingerprint density at radius 3 is 2.40 bits per heavy atom. The van der Waals surface area contributed by atoms with E-state index in [1.54, 1.807) is 5.57 Å². The molecule has 0 saturated carbocycles. The maximum atomic E-state index is 5.58. The molecule has 2 atom stereocenters. The molecule has 0 aromatic heterocycles. The molecule has 1 N–H and O–H groups in total. The molecule has 1 saturated heterocycles. The molecule has 2 unspecified atom stereocenters. The maximum Gasteiger partial charge on any atom is 0.0656 e. The third-order valence-electron chi connectivity index (χ3n) is 4.61. The summed E-state index contributed by atoms with van der Waals surface area (Å²) in [6.07, 6.45) is 17.8. The van der Waals surface area contributed by atoms with Gasteiger partial charge in [-0.3, -0.25) is 0 Å². The lowest BCUT2D eigenvalue weighted by molar-refractivity contribution is 0.0526. The number of hydrogen-bond acceptors (Lipinski definition) is 2. The summed E-state index contributed by atoms with van der Waals surface area (Å²) in [5, 5.41) is 3.62. The van der Waals surface area contributed by atoms with Crippen LogP contribution in [0.4, 0.5) is 0 Å². The van der Waals surface area contributed by atoms with E-state index in [0.29, 0.717) is 12.1 Å². The minimum atomic E-state index is 0.496. The fraction of sp³-hybridized carbons (Fsp3) is 0.889. The topological polar surface area (TPSA) is 21.3 Å². The van der Waals surface area contributed by atoms with Crippen molar-refractivity contribution in [3.05, 3.63) is 11.6 Å². The molecule has 1 fully saturated rings. The molecule has 2 aliphatic heterocycles. The van der Waals surface area contributed by atoms with E-state index in [4.69, 9.17) is 4.74 Å². The van der Waals surface area contributed by atoms with Crippen molar-refractivity contribution < 1.29 is 4.74 Å². The third kappa shape index (κ3) is 5.97. The summed E-state index contributed by atoms with van der Waals surface area (Å²) in [5.41, 5.74) is 1.69. The van der Waals surface area contributed by atoms with Crippen LogP contribution in [0.2, 0.25) is 0 Å². The van der Waals surface area contributed by atoms with Crippen LogP contribution in [-0.2, 0) is 4.74 Å². The van der Waals surface area contributed by atoms with Crippen molar-refractivity contribution in [1.82, 2.24) is 5.32 Å². The zero-order valence-electron chi connectivity index (χ0n) is 13.3. The highest BCUT2D eigenvalue weighted by molar-refractivity contribution is 5.15. The highest BCUT2D eigenvalue weighted by atomic mass is 16.5. The maximum absolute atomic E-state index is 5.58. The van der Waals surface area contributed by atoms with Crippen molar-refractivity contribution in [2.24, 2.45) is 0 Å². The second-order valence-electron chi connectivity index (χ2n) is 6.62. The SMILES string of the molecule is CCCCCCCCCCCC1=CC2COCC(C1)N2. The van der Waals surface area contributed by atoms with Gasteiger partial charge >= 0.3 is 0 Å². The average molecular weight is 279 g/mol. The van der Waals surface area contributed by atoms with Gasteiger partial charge < -0.3 is 10.1 Å². The molecule has 0 radical (unpaired) electrons. The van der Waals surface area contributed by atoms with Gasteiger partial charge in [0.25, 0.3) is 0 Å². The van der Waals surface area contributed by atoms with E-state index in [1.165, 1.54) is 70.6 Å². The van der Waals surface area contributed by atoms with Crippen LogP contribution in [0.1, 0.15) is 77.6 Å². The summed E-state index contributed by atoms with van der Waals surface area (Å²) in [5.74, 6) is 0. The van der Waals surface area contributed by atoms with Gasteiger partial charge in [-0.15, -0.1) is 0 Å². The van der Waals surface area contributed by atoms with E-state index >= 15 is 0 Å². The van der Waals surface area contributed by atoms with Crippen LogP contribution in [0.5, 0.6) is 0 Å². The van der Waals surface area contributed by atoms with E-state index in [-0.39, 0.29) is 0 Å². The summed E-state index contributed by atoms with van der Waals surface area (Å²) < 4.78 is 5.58. The van der Waals surface area contributed by atoms with Crippen LogP contribution in [0, 0.1) is 0 Å². The second-order valence-corrected chi connectivity index (χ2v) is 6.62. The summed E-state index contributed by atoms with van der Waals surface area (Å²) in [7, 11) is 0. The Hall–Kier alpha value is -0.340. The van der Waals surface area contributed by atoms with Crippen molar-refractivity contribution in [3.8, 4) is 0 Å². The molecule has 2 aliphatic rings. The first-order valence-electron chi connectivity index (χ1n) is 8.92. The van der Waals surface area contributed by atoms with Crippen molar-refractivity contribution in [2.75, 3.05) is 13.2 Å². The molecule has 2 heterocycles. The number of morpholine rings is 1. The van der Waals surface area contributed by atoms with Gasteiger partial charge in [0, 0.05) is 12.1 Å². The summed E-state index contributed by atoms with van der Waals surface area (Å²) in [4.78, 5) is 0. The van der Waals surface area contributed by atoms with Crippen molar-refractivity contribution in [1.29, 1.82) is 0 Å². The van der Waals surface area contributed by atoms with Gasteiger partial charge in [0.15, 0.2) is 0 Å². The van der Waals surface area contributed by atoms with Gasteiger partial charge in [0.2, 0.25) is 0 Å². The zero-order valence-corrected chi connectivity index (χ0v) is 13.3. The van der Waals surface area contributed by atoms with Crippen LogP contribution < -0.4 is 5.32 Å². The summed E-state index contributed by atoms with van der Waals surface area (Å²) in [6, 6.07) is 1.09. The van der Waals surface area contributed by atoms with E-state index in [0.717, 1.165) is 13.2 Å². The van der Waals surface area contributed by atoms with E-state index in [9.17, 15) is 0 Å². The van der Waals surface area contributed by atoms with Gasteiger partial charge in [-0.25, -0.2) is 0 Å².